The van der Waals surface area contributed by atoms with Crippen molar-refractivity contribution < 1.29 is 35.9 Å². The van der Waals surface area contributed by atoms with Gasteiger partial charge in [-0.25, -0.2) is 26.4 Å². The molecule has 2 aliphatic rings. The van der Waals surface area contributed by atoms with Gasteiger partial charge in [-0.3, -0.25) is 0 Å². The first kappa shape index (κ1) is 36.7. The Kier molecular flexibility index (Phi) is 11.8. The maximum Gasteiger partial charge on any atom is 0.335 e. The largest absolute Gasteiger partial charge is 0.466 e. The summed E-state index contributed by atoms with van der Waals surface area (Å²) in [5.41, 5.74) is 3.62. The maximum absolute atomic E-state index is 13.3. The normalized spacial score (nSPS) is 20.2. The molecule has 256 valence electrons. The smallest absolute Gasteiger partial charge is 0.335 e. The third-order valence-corrected chi connectivity index (χ3v) is 12.4. The van der Waals surface area contributed by atoms with E-state index in [-0.39, 0.29) is 28.4 Å². The Hall–Kier alpha value is -4.10. The number of carbonyl (C=O) groups is 2. The number of hydrogen-bond donors (Lipinski definition) is 0. The molecule has 48 heavy (non-hydrogen) atoms. The summed E-state index contributed by atoms with van der Waals surface area (Å²) in [4.78, 5) is 24.2. The second kappa shape index (κ2) is 15.4. The van der Waals surface area contributed by atoms with E-state index < -0.39 is 38.0 Å². The number of ether oxygens (including phenoxy) is 2. The average molecular weight is 695 g/mol. The van der Waals surface area contributed by atoms with Crippen LogP contribution in [0.15, 0.2) is 112 Å². The second-order valence-corrected chi connectivity index (χ2v) is 15.4. The summed E-state index contributed by atoms with van der Waals surface area (Å²) in [6, 6.07) is 21.7. The highest BCUT2D eigenvalue weighted by atomic mass is 32.2. The minimum Gasteiger partial charge on any atom is -0.466 e. The zero-order chi connectivity index (χ0) is 35.2. The number of esters is 2. The summed E-state index contributed by atoms with van der Waals surface area (Å²) in [6.07, 6.45) is 4.47. The highest BCUT2D eigenvalue weighted by Crippen LogP contribution is 2.35. The molecule has 0 spiro atoms. The molecule has 0 bridgehead atoms. The Morgan fingerprint density at radius 3 is 1.79 bits per heavy atom. The van der Waals surface area contributed by atoms with Gasteiger partial charge >= 0.3 is 11.9 Å². The summed E-state index contributed by atoms with van der Waals surface area (Å²) in [5, 5.41) is 0. The van der Waals surface area contributed by atoms with Gasteiger partial charge in [0, 0.05) is 18.2 Å². The van der Waals surface area contributed by atoms with Gasteiger partial charge in [-0.2, -0.15) is 8.61 Å². The first-order valence-electron chi connectivity index (χ1n) is 15.6. The van der Waals surface area contributed by atoms with Gasteiger partial charge < -0.3 is 9.47 Å². The van der Waals surface area contributed by atoms with Crippen LogP contribution in [0.25, 0.3) is 0 Å². The molecular weight excluding hydrogens is 653 g/mol. The Morgan fingerprint density at radius 1 is 0.771 bits per heavy atom. The number of rotatable bonds is 8. The number of methoxy groups -OCH3 is 2. The molecule has 3 aromatic rings. The Morgan fingerprint density at radius 2 is 1.29 bits per heavy atom. The van der Waals surface area contributed by atoms with Crippen molar-refractivity contribution in [3.8, 4) is 0 Å². The van der Waals surface area contributed by atoms with Crippen molar-refractivity contribution in [3.63, 3.8) is 0 Å². The van der Waals surface area contributed by atoms with Gasteiger partial charge in [0.1, 0.15) is 0 Å². The van der Waals surface area contributed by atoms with Gasteiger partial charge in [0.25, 0.3) is 0 Å². The van der Waals surface area contributed by atoms with Crippen molar-refractivity contribution in [3.05, 3.63) is 119 Å². The zero-order valence-electron chi connectivity index (χ0n) is 28.0. The number of carbonyl (C=O) groups excluding carboxylic acids is 2. The van der Waals surface area contributed by atoms with Crippen molar-refractivity contribution in [2.75, 3.05) is 20.8 Å². The van der Waals surface area contributed by atoms with E-state index in [1.54, 1.807) is 67.6 Å². The van der Waals surface area contributed by atoms with Gasteiger partial charge in [0.15, 0.2) is 0 Å². The van der Waals surface area contributed by atoms with E-state index in [9.17, 15) is 26.4 Å². The van der Waals surface area contributed by atoms with Crippen LogP contribution < -0.4 is 0 Å². The van der Waals surface area contributed by atoms with E-state index >= 15 is 0 Å². The van der Waals surface area contributed by atoms with Crippen LogP contribution in [0.2, 0.25) is 0 Å². The van der Waals surface area contributed by atoms with Crippen LogP contribution in [0.5, 0.6) is 0 Å². The van der Waals surface area contributed by atoms with Crippen molar-refractivity contribution in [2.24, 2.45) is 0 Å². The molecule has 0 aliphatic carbocycles. The fraction of sp³-hybridized carbons (Fsp3) is 0.333. The van der Waals surface area contributed by atoms with Crippen LogP contribution in [0.4, 0.5) is 0 Å². The van der Waals surface area contributed by atoms with E-state index in [0.717, 1.165) is 16.7 Å². The topological polar surface area (TPSA) is 127 Å². The summed E-state index contributed by atoms with van der Waals surface area (Å²) in [6.45, 7) is 7.40. The van der Waals surface area contributed by atoms with Crippen LogP contribution in [0.3, 0.4) is 0 Å². The molecule has 10 nitrogen and oxygen atoms in total. The number of aryl methyl sites for hydroxylation is 2. The molecule has 0 radical (unpaired) electrons. The molecule has 5 rings (SSSR count). The summed E-state index contributed by atoms with van der Waals surface area (Å²) in [5.74, 6) is -0.979. The Labute approximate surface area is 283 Å². The molecule has 2 heterocycles. The van der Waals surface area contributed by atoms with Gasteiger partial charge in [0.2, 0.25) is 20.0 Å². The molecule has 3 atom stereocenters. The predicted molar refractivity (Wildman–Crippen MR) is 183 cm³/mol. The summed E-state index contributed by atoms with van der Waals surface area (Å²) in [7, 11) is -4.84. The fourth-order valence-corrected chi connectivity index (χ4v) is 9.21. The van der Waals surface area contributed by atoms with Crippen LogP contribution >= 0.6 is 0 Å². The predicted octanol–water partition coefficient (Wildman–Crippen LogP) is 5.50. The van der Waals surface area contributed by atoms with Gasteiger partial charge in [-0.1, -0.05) is 84.8 Å². The highest BCUT2D eigenvalue weighted by Gasteiger charge is 2.42. The zero-order valence-corrected chi connectivity index (χ0v) is 29.6. The molecule has 2 aliphatic heterocycles. The van der Waals surface area contributed by atoms with E-state index in [1.807, 2.05) is 51.1 Å². The van der Waals surface area contributed by atoms with Gasteiger partial charge in [-0.15, -0.1) is 0 Å². The molecule has 0 fully saturated rings. The third-order valence-electron chi connectivity index (χ3n) is 8.49. The van der Waals surface area contributed by atoms with Crippen LogP contribution in [-0.4, -0.2) is 70.2 Å². The van der Waals surface area contributed by atoms with E-state index in [2.05, 4.69) is 0 Å². The van der Waals surface area contributed by atoms with Gasteiger partial charge in [-0.05, 0) is 63.4 Å². The highest BCUT2D eigenvalue weighted by molar-refractivity contribution is 7.89. The fourth-order valence-electron chi connectivity index (χ4n) is 5.79. The van der Waals surface area contributed by atoms with Crippen molar-refractivity contribution in [1.29, 1.82) is 0 Å². The lowest BCUT2D eigenvalue weighted by molar-refractivity contribution is -0.137. The Bertz CT molecular complexity index is 1890. The Balaban J connectivity index is 0.000000220. The maximum atomic E-state index is 13.3. The van der Waals surface area contributed by atoms with E-state index in [1.165, 1.54) is 22.8 Å². The van der Waals surface area contributed by atoms with E-state index in [0.29, 0.717) is 24.0 Å². The second-order valence-electron chi connectivity index (χ2n) is 11.7. The quantitative estimate of drug-likeness (QED) is 0.283. The molecule has 12 heteroatoms. The number of hydrogen-bond acceptors (Lipinski definition) is 8. The lowest BCUT2D eigenvalue weighted by atomic mass is 9.98. The molecule has 0 unspecified atom stereocenters. The number of nitrogens with zero attached hydrogens (tertiary/aromatic N) is 2. The molecule has 0 saturated heterocycles. The number of benzene rings is 3. The van der Waals surface area contributed by atoms with Crippen molar-refractivity contribution >= 4 is 32.0 Å². The van der Waals surface area contributed by atoms with Crippen LogP contribution in [0.1, 0.15) is 49.4 Å². The third kappa shape index (κ3) is 7.78. The summed E-state index contributed by atoms with van der Waals surface area (Å²) >= 11 is 0. The minimum absolute atomic E-state index is 0.0115. The van der Waals surface area contributed by atoms with Crippen LogP contribution in [0, 0.1) is 13.8 Å². The summed E-state index contributed by atoms with van der Waals surface area (Å²) < 4.78 is 64.7. The van der Waals surface area contributed by atoms with Crippen LogP contribution in [-0.2, 0) is 39.1 Å². The minimum atomic E-state index is -3.77. The van der Waals surface area contributed by atoms with Gasteiger partial charge in [0.05, 0.1) is 41.7 Å². The molecule has 0 amide bonds. The number of sulfonamides is 2. The average Bonchev–Trinajstić information content (AvgIpc) is 3.45. The molecule has 0 N–H and O–H groups in total. The standard InChI is InChI=1S/C20H21NO4S.C16H21NO4S/c1-15-8-11-18(12-9-15)26(23,24)21-14-17(20(22)25-2)10-13-19(21)16-6-4-3-5-7-16;1-5-13-10-15(16(18)21-4)12(3)17(13)22(19,20)14-8-6-11(2)7-9-14/h3-12,19H,13-14H2,1-2H3;6-10,12-13H,5H2,1-4H3/t19-;12-,13+/m11/s1. The molecule has 0 saturated carbocycles. The molecule has 0 aromatic heterocycles. The monoisotopic (exact) mass is 694 g/mol. The van der Waals surface area contributed by atoms with Crippen molar-refractivity contribution in [2.45, 2.75) is 68.5 Å². The van der Waals surface area contributed by atoms with E-state index in [4.69, 9.17) is 9.47 Å². The molecule has 3 aromatic carbocycles. The first-order chi connectivity index (χ1) is 22.8. The first-order valence-corrected chi connectivity index (χ1v) is 18.4. The lowest BCUT2D eigenvalue weighted by Gasteiger charge is -2.34. The lowest BCUT2D eigenvalue weighted by Crippen LogP contribution is -2.41. The SMILES string of the molecule is CC[C@H]1C=C(C(=O)OC)[C@@H](C)N1S(=O)(=O)c1ccc(C)cc1.COC(=O)C1=CC[C@H](c2ccccc2)N(S(=O)(=O)c2ccc(C)cc2)C1. The molecular formula is C36H42N2O8S2. The van der Waals surface area contributed by atoms with Crippen molar-refractivity contribution in [1.82, 2.24) is 8.61 Å².